The van der Waals surface area contributed by atoms with Crippen LogP contribution in [0.25, 0.3) is 0 Å². The van der Waals surface area contributed by atoms with Crippen molar-refractivity contribution in [3.63, 3.8) is 0 Å². The average Bonchev–Trinajstić information content (AvgIpc) is 2.38. The first kappa shape index (κ1) is 10.5. The van der Waals surface area contributed by atoms with Crippen molar-refractivity contribution in [1.29, 1.82) is 0 Å². The molecule has 0 saturated carbocycles. The number of fused-ring (bicyclic) bond motifs is 1. The van der Waals surface area contributed by atoms with Crippen molar-refractivity contribution in [1.82, 2.24) is 0 Å². The van der Waals surface area contributed by atoms with E-state index in [-0.39, 0.29) is 0 Å². The molecule has 2 rings (SSSR count). The predicted molar refractivity (Wildman–Crippen MR) is 66.1 cm³/mol. The second-order valence-electron chi connectivity index (χ2n) is 5.51. The van der Waals surface area contributed by atoms with Crippen molar-refractivity contribution < 1.29 is 0 Å². The van der Waals surface area contributed by atoms with E-state index >= 15 is 0 Å². The molecule has 1 aromatic rings. The summed E-state index contributed by atoms with van der Waals surface area (Å²) in [5.74, 6) is 0.566. The molecule has 1 atom stereocenters. The van der Waals surface area contributed by atoms with E-state index in [1.165, 1.54) is 24.0 Å². The molecule has 0 spiro atoms. The Morgan fingerprint density at radius 1 is 1.13 bits per heavy atom. The molecule has 0 N–H and O–H groups in total. The Balaban J connectivity index is 2.48. The maximum atomic E-state index is 2.39. The fraction of sp³-hybridized carbons (Fsp3) is 0.467. The third kappa shape index (κ3) is 2.14. The molecule has 0 amide bonds. The molecule has 0 radical (unpaired) electrons. The van der Waals surface area contributed by atoms with Gasteiger partial charge in [0.1, 0.15) is 0 Å². The van der Waals surface area contributed by atoms with Crippen LogP contribution in [0.1, 0.15) is 44.2 Å². The van der Waals surface area contributed by atoms with Crippen LogP contribution in [-0.4, -0.2) is 0 Å². The Bertz CT molecular complexity index is 366. The van der Waals surface area contributed by atoms with E-state index in [9.17, 15) is 0 Å². The number of allylic oxidation sites excluding steroid dienone is 2. The Kier molecular flexibility index (Phi) is 2.68. The Labute approximate surface area is 93.0 Å². The normalized spacial score (nSPS) is 20.9. The highest BCUT2D eigenvalue weighted by Crippen LogP contribution is 2.39. The number of benzene rings is 1. The summed E-state index contributed by atoms with van der Waals surface area (Å²) in [4.78, 5) is 0. The first-order valence-corrected chi connectivity index (χ1v) is 5.83. The van der Waals surface area contributed by atoms with E-state index < -0.39 is 0 Å². The Morgan fingerprint density at radius 3 is 2.60 bits per heavy atom. The summed E-state index contributed by atoms with van der Waals surface area (Å²) in [7, 11) is 0. The second-order valence-corrected chi connectivity index (χ2v) is 5.51. The highest BCUT2D eigenvalue weighted by atomic mass is 14.3. The van der Waals surface area contributed by atoms with Crippen LogP contribution < -0.4 is 0 Å². The molecule has 0 fully saturated rings. The van der Waals surface area contributed by atoms with Crippen LogP contribution >= 0.6 is 0 Å². The van der Waals surface area contributed by atoms with Gasteiger partial charge >= 0.3 is 0 Å². The maximum Gasteiger partial charge on any atom is 0.00692 e. The smallest absolute Gasteiger partial charge is 0.00692 e. The number of aryl methyl sites for hydroxylation is 1. The lowest BCUT2D eigenvalue weighted by Gasteiger charge is -2.29. The highest BCUT2D eigenvalue weighted by Gasteiger charge is 2.26. The van der Waals surface area contributed by atoms with Crippen LogP contribution in [0.2, 0.25) is 0 Å². The minimum Gasteiger partial charge on any atom is -0.0876 e. The highest BCUT2D eigenvalue weighted by molar-refractivity contribution is 5.36. The quantitative estimate of drug-likeness (QED) is 0.547. The van der Waals surface area contributed by atoms with Crippen LogP contribution in [0.15, 0.2) is 36.4 Å². The summed E-state index contributed by atoms with van der Waals surface area (Å²) in [6.07, 6.45) is 7.12. The van der Waals surface area contributed by atoms with Crippen LogP contribution in [-0.2, 0) is 6.42 Å². The maximum absolute atomic E-state index is 2.39. The van der Waals surface area contributed by atoms with Gasteiger partial charge in [-0.2, -0.15) is 0 Å². The largest absolute Gasteiger partial charge is 0.0876 e. The summed E-state index contributed by atoms with van der Waals surface area (Å²) < 4.78 is 0. The summed E-state index contributed by atoms with van der Waals surface area (Å²) in [6, 6.07) is 8.89. The second kappa shape index (κ2) is 3.84. The lowest BCUT2D eigenvalue weighted by atomic mass is 9.75. The third-order valence-electron chi connectivity index (χ3n) is 3.23. The monoisotopic (exact) mass is 200 g/mol. The van der Waals surface area contributed by atoms with Gasteiger partial charge in [0.15, 0.2) is 0 Å². The molecule has 0 saturated heterocycles. The van der Waals surface area contributed by atoms with Gasteiger partial charge in [0.05, 0.1) is 0 Å². The molecular formula is C15H20. The molecule has 0 aliphatic heterocycles. The van der Waals surface area contributed by atoms with Gasteiger partial charge in [-0.3, -0.25) is 0 Å². The van der Waals surface area contributed by atoms with Gasteiger partial charge in [0, 0.05) is 5.92 Å². The average molecular weight is 200 g/mol. The van der Waals surface area contributed by atoms with Gasteiger partial charge in [-0.05, 0) is 29.4 Å². The molecule has 15 heavy (non-hydrogen) atoms. The fourth-order valence-electron chi connectivity index (χ4n) is 2.40. The van der Waals surface area contributed by atoms with Crippen molar-refractivity contribution in [3.8, 4) is 0 Å². The summed E-state index contributed by atoms with van der Waals surface area (Å²) in [6.45, 7) is 6.97. The van der Waals surface area contributed by atoms with E-state index in [1.54, 1.807) is 0 Å². The summed E-state index contributed by atoms with van der Waals surface area (Å²) in [5, 5.41) is 0. The van der Waals surface area contributed by atoms with E-state index in [0.29, 0.717) is 11.3 Å². The Morgan fingerprint density at radius 2 is 1.87 bits per heavy atom. The first-order valence-electron chi connectivity index (χ1n) is 5.83. The van der Waals surface area contributed by atoms with Crippen molar-refractivity contribution in [2.45, 2.75) is 39.5 Å². The van der Waals surface area contributed by atoms with Crippen LogP contribution in [0.4, 0.5) is 0 Å². The van der Waals surface area contributed by atoms with Crippen LogP contribution in [0.5, 0.6) is 0 Å². The van der Waals surface area contributed by atoms with Crippen molar-refractivity contribution >= 4 is 0 Å². The molecule has 0 bridgehead atoms. The molecule has 0 aromatic heterocycles. The first-order chi connectivity index (χ1) is 7.09. The zero-order chi connectivity index (χ0) is 10.9. The minimum atomic E-state index is 0.316. The van der Waals surface area contributed by atoms with Gasteiger partial charge in [0.25, 0.3) is 0 Å². The summed E-state index contributed by atoms with van der Waals surface area (Å²) in [5.41, 5.74) is 3.37. The van der Waals surface area contributed by atoms with Crippen molar-refractivity contribution in [2.24, 2.45) is 5.41 Å². The lowest BCUT2D eigenvalue weighted by Crippen LogP contribution is -2.17. The van der Waals surface area contributed by atoms with Crippen LogP contribution in [0, 0.1) is 5.41 Å². The number of hydrogen-bond donors (Lipinski definition) is 0. The van der Waals surface area contributed by atoms with E-state index in [2.05, 4.69) is 57.2 Å². The van der Waals surface area contributed by atoms with Crippen LogP contribution in [0.3, 0.4) is 0 Å². The van der Waals surface area contributed by atoms with Gasteiger partial charge in [-0.1, -0.05) is 57.2 Å². The summed E-state index contributed by atoms with van der Waals surface area (Å²) >= 11 is 0. The topological polar surface area (TPSA) is 0 Å². The number of hydrogen-bond acceptors (Lipinski definition) is 0. The third-order valence-corrected chi connectivity index (χ3v) is 3.23. The van der Waals surface area contributed by atoms with Gasteiger partial charge in [-0.15, -0.1) is 0 Å². The fourth-order valence-corrected chi connectivity index (χ4v) is 2.40. The van der Waals surface area contributed by atoms with E-state index in [0.717, 1.165) is 0 Å². The zero-order valence-electron chi connectivity index (χ0n) is 9.96. The Hall–Kier alpha value is -1.04. The van der Waals surface area contributed by atoms with Crippen molar-refractivity contribution in [2.75, 3.05) is 0 Å². The molecule has 1 aliphatic rings. The minimum absolute atomic E-state index is 0.316. The zero-order valence-corrected chi connectivity index (χ0v) is 9.96. The SMILES string of the molecule is CC(C)(C)C1C=CCCc2ccccc21. The molecule has 0 heterocycles. The lowest BCUT2D eigenvalue weighted by molar-refractivity contribution is 0.366. The number of rotatable bonds is 0. The standard InChI is InChI=1S/C15H20/c1-15(2,3)14-11-7-5-9-12-8-4-6-10-13(12)14/h4,6-8,10-11,14H,5,9H2,1-3H3. The van der Waals surface area contributed by atoms with E-state index in [1.807, 2.05) is 0 Å². The molecule has 80 valence electrons. The molecule has 1 aliphatic carbocycles. The van der Waals surface area contributed by atoms with E-state index in [4.69, 9.17) is 0 Å². The molecule has 1 unspecified atom stereocenters. The van der Waals surface area contributed by atoms with Gasteiger partial charge in [-0.25, -0.2) is 0 Å². The molecule has 0 nitrogen and oxygen atoms in total. The van der Waals surface area contributed by atoms with Crippen molar-refractivity contribution in [3.05, 3.63) is 47.5 Å². The molecular weight excluding hydrogens is 180 g/mol. The van der Waals surface area contributed by atoms with Gasteiger partial charge < -0.3 is 0 Å². The molecule has 0 heteroatoms. The van der Waals surface area contributed by atoms with Gasteiger partial charge in [0.2, 0.25) is 0 Å². The molecule has 1 aromatic carbocycles. The predicted octanol–water partition coefficient (Wildman–Crippen LogP) is 4.32.